The number of amides is 2. The molecule has 0 spiro atoms. The summed E-state index contributed by atoms with van der Waals surface area (Å²) in [5.41, 5.74) is 3.78. The van der Waals surface area contributed by atoms with Gasteiger partial charge in [-0.2, -0.15) is 0 Å². The predicted molar refractivity (Wildman–Crippen MR) is 112 cm³/mol. The van der Waals surface area contributed by atoms with Crippen molar-refractivity contribution in [1.82, 2.24) is 9.80 Å². The number of hydrogen-bond donors (Lipinski definition) is 0. The summed E-state index contributed by atoms with van der Waals surface area (Å²) in [5, 5.41) is 0. The van der Waals surface area contributed by atoms with Gasteiger partial charge >= 0.3 is 5.97 Å². The van der Waals surface area contributed by atoms with Crippen LogP contribution in [0.4, 0.5) is 0 Å². The van der Waals surface area contributed by atoms with E-state index in [1.165, 1.54) is 5.56 Å². The van der Waals surface area contributed by atoms with E-state index in [9.17, 15) is 14.4 Å². The van der Waals surface area contributed by atoms with Crippen LogP contribution in [0, 0.1) is 0 Å². The van der Waals surface area contributed by atoms with Crippen molar-refractivity contribution in [1.29, 1.82) is 0 Å². The van der Waals surface area contributed by atoms with Crippen LogP contribution in [0.5, 0.6) is 0 Å². The van der Waals surface area contributed by atoms with Gasteiger partial charge in [-0.05, 0) is 48.6 Å². The Morgan fingerprint density at radius 3 is 2.43 bits per heavy atom. The molecule has 2 aromatic carbocycles. The molecule has 2 heterocycles. The third kappa shape index (κ3) is 4.37. The quantitative estimate of drug-likeness (QED) is 0.716. The second kappa shape index (κ2) is 8.69. The lowest BCUT2D eigenvalue weighted by Gasteiger charge is -2.30. The number of carbonyl (C=O) groups excluding carboxylic acids is 3. The molecule has 0 radical (unpaired) electrons. The van der Waals surface area contributed by atoms with E-state index < -0.39 is 12.1 Å². The van der Waals surface area contributed by atoms with E-state index in [1.54, 1.807) is 24.0 Å². The van der Waals surface area contributed by atoms with E-state index >= 15 is 0 Å². The Bertz CT molecular complexity index is 954. The highest BCUT2D eigenvalue weighted by atomic mass is 16.5. The lowest BCUT2D eigenvalue weighted by molar-refractivity contribution is -0.140. The number of esters is 1. The van der Waals surface area contributed by atoms with Gasteiger partial charge in [0.2, 0.25) is 5.91 Å². The van der Waals surface area contributed by atoms with Crippen LogP contribution in [0.3, 0.4) is 0 Å². The van der Waals surface area contributed by atoms with Gasteiger partial charge in [0.15, 0.2) is 6.10 Å². The molecule has 156 valence electrons. The van der Waals surface area contributed by atoms with Crippen LogP contribution in [-0.2, 0) is 33.8 Å². The van der Waals surface area contributed by atoms with Gasteiger partial charge in [0.1, 0.15) is 0 Å². The van der Waals surface area contributed by atoms with E-state index in [2.05, 4.69) is 6.07 Å². The van der Waals surface area contributed by atoms with Gasteiger partial charge in [0, 0.05) is 32.6 Å². The molecule has 1 fully saturated rings. The first-order valence-corrected chi connectivity index (χ1v) is 10.4. The average molecular weight is 406 g/mol. The van der Waals surface area contributed by atoms with Gasteiger partial charge in [-0.3, -0.25) is 9.59 Å². The molecule has 2 aliphatic heterocycles. The van der Waals surface area contributed by atoms with Crippen molar-refractivity contribution < 1.29 is 19.1 Å². The summed E-state index contributed by atoms with van der Waals surface area (Å²) in [4.78, 5) is 40.6. The fraction of sp³-hybridized carbons (Fsp3) is 0.375. The zero-order chi connectivity index (χ0) is 21.1. The number of rotatable bonds is 5. The summed E-state index contributed by atoms with van der Waals surface area (Å²) in [6.45, 7) is 4.12. The molecule has 0 aliphatic carbocycles. The Morgan fingerprint density at radius 1 is 1.00 bits per heavy atom. The third-order valence-corrected chi connectivity index (χ3v) is 5.81. The first kappa shape index (κ1) is 20.1. The molecule has 1 atom stereocenters. The van der Waals surface area contributed by atoms with Gasteiger partial charge < -0.3 is 14.5 Å². The van der Waals surface area contributed by atoms with Gasteiger partial charge in [-0.25, -0.2) is 4.79 Å². The Morgan fingerprint density at radius 2 is 1.73 bits per heavy atom. The Kier molecular flexibility index (Phi) is 5.84. The minimum Gasteiger partial charge on any atom is -0.449 e. The van der Waals surface area contributed by atoms with Gasteiger partial charge in [-0.1, -0.05) is 36.4 Å². The topological polar surface area (TPSA) is 66.9 Å². The zero-order valence-electron chi connectivity index (χ0n) is 17.2. The maximum atomic E-state index is 12.8. The first-order chi connectivity index (χ1) is 14.5. The van der Waals surface area contributed by atoms with Crippen molar-refractivity contribution in [3.63, 3.8) is 0 Å². The number of hydrogen-bond acceptors (Lipinski definition) is 4. The minimum atomic E-state index is -0.843. The molecule has 0 N–H and O–H groups in total. The molecular formula is C24H26N2O4. The summed E-state index contributed by atoms with van der Waals surface area (Å²) in [5.74, 6) is -0.523. The maximum absolute atomic E-state index is 12.8. The predicted octanol–water partition coefficient (Wildman–Crippen LogP) is 2.94. The fourth-order valence-corrected chi connectivity index (χ4v) is 4.06. The number of fused-ring (bicyclic) bond motifs is 1. The number of benzene rings is 2. The van der Waals surface area contributed by atoms with Crippen LogP contribution in [-0.4, -0.2) is 46.8 Å². The van der Waals surface area contributed by atoms with Crippen molar-refractivity contribution in [2.75, 3.05) is 13.1 Å². The average Bonchev–Trinajstić information content (AvgIpc) is 3.17. The maximum Gasteiger partial charge on any atom is 0.338 e. The number of carbonyl (C=O) groups is 3. The largest absolute Gasteiger partial charge is 0.449 e. The normalized spacial score (nSPS) is 16.9. The molecule has 2 amide bonds. The molecule has 4 rings (SSSR count). The molecule has 2 aliphatic rings. The van der Waals surface area contributed by atoms with E-state index in [1.807, 2.05) is 35.2 Å². The molecule has 30 heavy (non-hydrogen) atoms. The summed E-state index contributed by atoms with van der Waals surface area (Å²) in [6, 6.07) is 15.1. The number of ether oxygens (including phenoxy) is 1. The smallest absolute Gasteiger partial charge is 0.338 e. The lowest BCUT2D eigenvalue weighted by atomic mass is 9.99. The molecule has 0 aromatic heterocycles. The van der Waals surface area contributed by atoms with Crippen LogP contribution in [0.1, 0.15) is 46.8 Å². The Hall–Kier alpha value is -3.15. The summed E-state index contributed by atoms with van der Waals surface area (Å²) < 4.78 is 5.44. The van der Waals surface area contributed by atoms with E-state index in [-0.39, 0.29) is 11.8 Å². The van der Waals surface area contributed by atoms with Crippen molar-refractivity contribution in [3.05, 3.63) is 70.8 Å². The highest BCUT2D eigenvalue weighted by molar-refractivity contribution is 5.92. The number of likely N-dealkylation sites (tertiary alicyclic amines) is 1. The highest BCUT2D eigenvalue weighted by Gasteiger charge is 2.27. The number of nitrogens with zero attached hydrogens (tertiary/aromatic N) is 2. The summed E-state index contributed by atoms with van der Waals surface area (Å²) >= 11 is 0. The monoisotopic (exact) mass is 406 g/mol. The summed E-state index contributed by atoms with van der Waals surface area (Å²) in [6.07, 6.45) is 1.48. The van der Waals surface area contributed by atoms with Crippen molar-refractivity contribution in [2.45, 2.75) is 45.4 Å². The minimum absolute atomic E-state index is 0.172. The SMILES string of the molecule is C[C@@H](OC(=O)c1ccc(CN2CCCC2=O)cc1)C(=O)N1CCc2ccccc2C1. The van der Waals surface area contributed by atoms with Gasteiger partial charge in [0.05, 0.1) is 5.56 Å². The van der Waals surface area contributed by atoms with Crippen LogP contribution in [0.15, 0.2) is 48.5 Å². The molecule has 1 saturated heterocycles. The second-order valence-electron chi connectivity index (χ2n) is 7.94. The van der Waals surface area contributed by atoms with Crippen LogP contribution in [0.25, 0.3) is 0 Å². The molecule has 2 aromatic rings. The third-order valence-electron chi connectivity index (χ3n) is 5.81. The van der Waals surface area contributed by atoms with E-state index in [0.29, 0.717) is 31.6 Å². The van der Waals surface area contributed by atoms with Crippen molar-refractivity contribution in [2.24, 2.45) is 0 Å². The molecule has 0 saturated carbocycles. The van der Waals surface area contributed by atoms with Crippen molar-refractivity contribution in [3.8, 4) is 0 Å². The highest BCUT2D eigenvalue weighted by Crippen LogP contribution is 2.20. The van der Waals surface area contributed by atoms with Crippen LogP contribution < -0.4 is 0 Å². The van der Waals surface area contributed by atoms with E-state index in [4.69, 9.17) is 4.74 Å². The van der Waals surface area contributed by atoms with Gasteiger partial charge in [0.25, 0.3) is 5.91 Å². The zero-order valence-corrected chi connectivity index (χ0v) is 17.2. The molecule has 0 bridgehead atoms. The standard InChI is InChI=1S/C24H26N2O4/c1-17(23(28)26-14-12-19-5-2-3-6-21(19)16-26)30-24(29)20-10-8-18(9-11-20)15-25-13-4-7-22(25)27/h2-3,5-6,8-11,17H,4,7,12-16H2,1H3/t17-/m1/s1. The van der Waals surface area contributed by atoms with Gasteiger partial charge in [-0.15, -0.1) is 0 Å². The summed E-state index contributed by atoms with van der Waals surface area (Å²) in [7, 11) is 0. The van der Waals surface area contributed by atoms with Crippen LogP contribution >= 0.6 is 0 Å². The second-order valence-corrected chi connectivity index (χ2v) is 7.94. The fourth-order valence-electron chi connectivity index (χ4n) is 4.06. The molecule has 6 nitrogen and oxygen atoms in total. The lowest BCUT2D eigenvalue weighted by Crippen LogP contribution is -2.42. The van der Waals surface area contributed by atoms with Crippen LogP contribution in [0.2, 0.25) is 0 Å². The van der Waals surface area contributed by atoms with E-state index in [0.717, 1.165) is 30.5 Å². The molecule has 6 heteroatoms. The molecular weight excluding hydrogens is 380 g/mol. The Balaban J connectivity index is 1.33. The van der Waals surface area contributed by atoms with Crippen molar-refractivity contribution >= 4 is 17.8 Å². The first-order valence-electron chi connectivity index (χ1n) is 10.4. The Labute approximate surface area is 176 Å². The molecule has 0 unspecified atom stereocenters.